The van der Waals surface area contributed by atoms with Crippen LogP contribution in [0.5, 0.6) is 0 Å². The van der Waals surface area contributed by atoms with E-state index in [2.05, 4.69) is 6.92 Å². The molecule has 0 aliphatic carbocycles. The van der Waals surface area contributed by atoms with Gasteiger partial charge in [0.25, 0.3) is 0 Å². The van der Waals surface area contributed by atoms with E-state index in [0.29, 0.717) is 18.8 Å². The summed E-state index contributed by atoms with van der Waals surface area (Å²) in [5.41, 5.74) is 0. The minimum Gasteiger partial charge on any atom is -0.366 e. The Balaban J connectivity index is 3.64. The fourth-order valence-corrected chi connectivity index (χ4v) is 0.847. The summed E-state index contributed by atoms with van der Waals surface area (Å²) in [4.78, 5) is 0. The molecule has 2 heteroatoms. The highest BCUT2D eigenvalue weighted by atomic mass is 16.5. The summed E-state index contributed by atoms with van der Waals surface area (Å²) in [7, 11) is 0. The van der Waals surface area contributed by atoms with E-state index in [-0.39, 0.29) is 0 Å². The van der Waals surface area contributed by atoms with Gasteiger partial charge in [0.2, 0.25) is 0 Å². The molecule has 62 valence electrons. The van der Waals surface area contributed by atoms with E-state index in [1.165, 1.54) is 0 Å². The van der Waals surface area contributed by atoms with Gasteiger partial charge in [0.15, 0.2) is 5.79 Å². The lowest BCUT2D eigenvalue weighted by Crippen LogP contribution is -2.29. The number of hydrogen-bond donors (Lipinski definition) is 2. The first kappa shape index (κ1) is 9.92. The minimum absolute atomic E-state index is 0.398. The Labute approximate surface area is 62.9 Å². The van der Waals surface area contributed by atoms with E-state index in [1.54, 1.807) is 6.92 Å². The van der Waals surface area contributed by atoms with Gasteiger partial charge in [-0.3, -0.25) is 0 Å². The molecule has 0 unspecified atom stereocenters. The zero-order valence-electron chi connectivity index (χ0n) is 7.09. The van der Waals surface area contributed by atoms with Crippen molar-refractivity contribution < 1.29 is 10.2 Å². The standard InChI is InChI=1S/C8H18O2/c1-4-7(3)6-8(9,10)5-2/h7,9-10H,4-6H2,1-3H3/t7-/m0/s1. The second-order valence-electron chi connectivity index (χ2n) is 3.05. The van der Waals surface area contributed by atoms with Gasteiger partial charge in [-0.1, -0.05) is 27.2 Å². The van der Waals surface area contributed by atoms with E-state index in [9.17, 15) is 10.2 Å². The average Bonchev–Trinajstić information content (AvgIpc) is 1.87. The molecule has 2 N–H and O–H groups in total. The van der Waals surface area contributed by atoms with Gasteiger partial charge in [0.05, 0.1) is 0 Å². The lowest BCUT2D eigenvalue weighted by Gasteiger charge is -2.22. The fourth-order valence-electron chi connectivity index (χ4n) is 0.847. The molecule has 0 aliphatic heterocycles. The van der Waals surface area contributed by atoms with Crippen LogP contribution in [0.2, 0.25) is 0 Å². The molecule has 0 spiro atoms. The van der Waals surface area contributed by atoms with Crippen molar-refractivity contribution in [3.63, 3.8) is 0 Å². The SMILES string of the molecule is CC[C@H](C)CC(O)(O)CC. The maximum atomic E-state index is 9.18. The van der Waals surface area contributed by atoms with Crippen molar-refractivity contribution in [3.05, 3.63) is 0 Å². The molecule has 0 rings (SSSR count). The summed E-state index contributed by atoms with van der Waals surface area (Å²) >= 11 is 0. The third-order valence-corrected chi connectivity index (χ3v) is 1.94. The van der Waals surface area contributed by atoms with Crippen LogP contribution in [0.25, 0.3) is 0 Å². The van der Waals surface area contributed by atoms with Gasteiger partial charge in [0, 0.05) is 6.42 Å². The second-order valence-corrected chi connectivity index (χ2v) is 3.05. The smallest absolute Gasteiger partial charge is 0.162 e. The highest BCUT2D eigenvalue weighted by molar-refractivity contribution is 4.65. The Kier molecular flexibility index (Phi) is 3.91. The first-order chi connectivity index (χ1) is 4.52. The third-order valence-electron chi connectivity index (χ3n) is 1.94. The van der Waals surface area contributed by atoms with Crippen molar-refractivity contribution in [1.29, 1.82) is 0 Å². The molecule has 0 aliphatic rings. The predicted octanol–water partition coefficient (Wildman–Crippen LogP) is 1.51. The summed E-state index contributed by atoms with van der Waals surface area (Å²) in [6.07, 6.45) is 1.90. The van der Waals surface area contributed by atoms with Crippen LogP contribution in [-0.4, -0.2) is 16.0 Å². The molecule has 0 heterocycles. The van der Waals surface area contributed by atoms with Crippen LogP contribution in [0, 0.1) is 5.92 Å². The summed E-state index contributed by atoms with van der Waals surface area (Å²) in [6, 6.07) is 0. The van der Waals surface area contributed by atoms with Gasteiger partial charge >= 0.3 is 0 Å². The van der Waals surface area contributed by atoms with Gasteiger partial charge in [-0.05, 0) is 12.3 Å². The highest BCUT2D eigenvalue weighted by Gasteiger charge is 2.21. The molecule has 0 aromatic carbocycles. The molecule has 0 fully saturated rings. The molecule has 0 amide bonds. The summed E-state index contributed by atoms with van der Waals surface area (Å²) in [6.45, 7) is 5.86. The van der Waals surface area contributed by atoms with Gasteiger partial charge in [-0.25, -0.2) is 0 Å². The Morgan fingerprint density at radius 3 is 2.10 bits per heavy atom. The largest absolute Gasteiger partial charge is 0.366 e. The zero-order valence-corrected chi connectivity index (χ0v) is 7.09. The van der Waals surface area contributed by atoms with Crippen molar-refractivity contribution in [2.45, 2.75) is 45.8 Å². The topological polar surface area (TPSA) is 40.5 Å². The minimum atomic E-state index is -1.44. The van der Waals surface area contributed by atoms with Gasteiger partial charge < -0.3 is 10.2 Å². The quantitative estimate of drug-likeness (QED) is 0.590. The lowest BCUT2D eigenvalue weighted by molar-refractivity contribution is -0.174. The maximum Gasteiger partial charge on any atom is 0.162 e. The van der Waals surface area contributed by atoms with Crippen molar-refractivity contribution >= 4 is 0 Å². The van der Waals surface area contributed by atoms with Crippen molar-refractivity contribution in [3.8, 4) is 0 Å². The predicted molar refractivity (Wildman–Crippen MR) is 41.5 cm³/mol. The van der Waals surface area contributed by atoms with Crippen molar-refractivity contribution in [1.82, 2.24) is 0 Å². The maximum absolute atomic E-state index is 9.18. The number of aliphatic hydroxyl groups is 2. The van der Waals surface area contributed by atoms with Crippen LogP contribution in [0.4, 0.5) is 0 Å². The highest BCUT2D eigenvalue weighted by Crippen LogP contribution is 2.19. The van der Waals surface area contributed by atoms with E-state index >= 15 is 0 Å². The summed E-state index contributed by atoms with van der Waals surface area (Å²) in [5.74, 6) is -1.04. The van der Waals surface area contributed by atoms with Crippen molar-refractivity contribution in [2.24, 2.45) is 5.92 Å². The van der Waals surface area contributed by atoms with Gasteiger partial charge in [-0.15, -0.1) is 0 Å². The van der Waals surface area contributed by atoms with Crippen molar-refractivity contribution in [2.75, 3.05) is 0 Å². The monoisotopic (exact) mass is 146 g/mol. The van der Waals surface area contributed by atoms with E-state index in [1.807, 2.05) is 6.92 Å². The Hall–Kier alpha value is -0.0800. The molecule has 0 aromatic heterocycles. The molecule has 0 radical (unpaired) electrons. The van der Waals surface area contributed by atoms with E-state index < -0.39 is 5.79 Å². The third kappa shape index (κ3) is 3.85. The molecule has 0 saturated heterocycles. The molecular weight excluding hydrogens is 128 g/mol. The Morgan fingerprint density at radius 1 is 1.30 bits per heavy atom. The van der Waals surface area contributed by atoms with Crippen LogP contribution in [-0.2, 0) is 0 Å². The van der Waals surface area contributed by atoms with E-state index in [4.69, 9.17) is 0 Å². The van der Waals surface area contributed by atoms with E-state index in [0.717, 1.165) is 6.42 Å². The van der Waals surface area contributed by atoms with Crippen LogP contribution >= 0.6 is 0 Å². The fraction of sp³-hybridized carbons (Fsp3) is 1.00. The molecular formula is C8H18O2. The van der Waals surface area contributed by atoms with Crippen LogP contribution in [0.1, 0.15) is 40.0 Å². The van der Waals surface area contributed by atoms with Gasteiger partial charge in [0.1, 0.15) is 0 Å². The molecule has 10 heavy (non-hydrogen) atoms. The Morgan fingerprint density at radius 2 is 1.80 bits per heavy atom. The molecule has 2 nitrogen and oxygen atoms in total. The first-order valence-corrected chi connectivity index (χ1v) is 3.96. The first-order valence-electron chi connectivity index (χ1n) is 3.96. The Bertz CT molecular complexity index is 89.3. The summed E-state index contributed by atoms with van der Waals surface area (Å²) < 4.78 is 0. The summed E-state index contributed by atoms with van der Waals surface area (Å²) in [5, 5.41) is 18.4. The van der Waals surface area contributed by atoms with Crippen LogP contribution < -0.4 is 0 Å². The molecule has 1 atom stereocenters. The molecule has 0 aromatic rings. The lowest BCUT2D eigenvalue weighted by atomic mass is 9.97. The zero-order chi connectivity index (χ0) is 8.20. The molecule has 0 bridgehead atoms. The van der Waals surface area contributed by atoms with Crippen LogP contribution in [0.3, 0.4) is 0 Å². The number of hydrogen-bond acceptors (Lipinski definition) is 2. The average molecular weight is 146 g/mol. The van der Waals surface area contributed by atoms with Gasteiger partial charge in [-0.2, -0.15) is 0 Å². The van der Waals surface area contributed by atoms with Crippen LogP contribution in [0.15, 0.2) is 0 Å². The second kappa shape index (κ2) is 3.94. The number of rotatable bonds is 4. The molecule has 0 saturated carbocycles. The normalized spacial score (nSPS) is 15.3.